The van der Waals surface area contributed by atoms with Crippen LogP contribution in [0.25, 0.3) is 0 Å². The highest BCUT2D eigenvalue weighted by Gasteiger charge is 2.34. The second kappa shape index (κ2) is 6.88. The summed E-state index contributed by atoms with van der Waals surface area (Å²) in [7, 11) is 0. The predicted molar refractivity (Wildman–Crippen MR) is 89.1 cm³/mol. The Morgan fingerprint density at radius 1 is 1.16 bits per heavy atom. The summed E-state index contributed by atoms with van der Waals surface area (Å²) in [6, 6.07) is 6.68. The molecule has 2 aromatic rings. The molecule has 3 rings (SSSR count). The highest BCUT2D eigenvalue weighted by molar-refractivity contribution is 6.21. The van der Waals surface area contributed by atoms with Gasteiger partial charge in [-0.2, -0.15) is 0 Å². The summed E-state index contributed by atoms with van der Waals surface area (Å²) < 4.78 is 5.44. The normalized spacial score (nSPS) is 13.3. The molecule has 25 heavy (non-hydrogen) atoms. The second-order valence-electron chi connectivity index (χ2n) is 5.90. The fraction of sp³-hybridized carbons (Fsp3) is 0.333. The number of nitrogens with one attached hydrogen (secondary N) is 1. The highest BCUT2D eigenvalue weighted by Crippen LogP contribution is 2.22. The summed E-state index contributed by atoms with van der Waals surface area (Å²) >= 11 is 0. The number of amides is 3. The van der Waals surface area contributed by atoms with Gasteiger partial charge in [-0.25, -0.2) is 4.98 Å². The van der Waals surface area contributed by atoms with E-state index in [2.05, 4.69) is 10.3 Å². The molecule has 1 aromatic heterocycles. The zero-order valence-corrected chi connectivity index (χ0v) is 14.2. The molecule has 7 nitrogen and oxygen atoms in total. The molecule has 7 heteroatoms. The van der Waals surface area contributed by atoms with Crippen LogP contribution >= 0.6 is 0 Å². The minimum atomic E-state index is -0.346. The number of aryl methyl sites for hydroxylation is 2. The van der Waals surface area contributed by atoms with Crippen molar-refractivity contribution >= 4 is 17.7 Å². The number of rotatable bonds is 6. The minimum absolute atomic E-state index is 0.0681. The van der Waals surface area contributed by atoms with Crippen LogP contribution in [-0.4, -0.2) is 40.7 Å². The first-order valence-corrected chi connectivity index (χ1v) is 8.12. The Morgan fingerprint density at radius 2 is 1.80 bits per heavy atom. The van der Waals surface area contributed by atoms with Gasteiger partial charge in [0.2, 0.25) is 5.91 Å². The lowest BCUT2D eigenvalue weighted by atomic mass is 10.1. The Bertz CT molecular complexity index is 806. The maximum atomic E-state index is 12.2. The average Bonchev–Trinajstić information content (AvgIpc) is 3.03. The molecule has 1 N–H and O–H groups in total. The Hall–Kier alpha value is -2.96. The van der Waals surface area contributed by atoms with Gasteiger partial charge in [0.1, 0.15) is 5.76 Å². The van der Waals surface area contributed by atoms with E-state index in [0.717, 1.165) is 16.4 Å². The highest BCUT2D eigenvalue weighted by atomic mass is 16.4. The lowest BCUT2D eigenvalue weighted by Gasteiger charge is -2.13. The van der Waals surface area contributed by atoms with Gasteiger partial charge < -0.3 is 9.73 Å². The van der Waals surface area contributed by atoms with Crippen LogP contribution in [0.15, 0.2) is 28.7 Å². The number of carbonyl (C=O) groups excluding carboxylic acids is 3. The van der Waals surface area contributed by atoms with Crippen molar-refractivity contribution in [2.45, 2.75) is 26.7 Å². The first-order valence-electron chi connectivity index (χ1n) is 8.12. The van der Waals surface area contributed by atoms with Crippen molar-refractivity contribution in [3.63, 3.8) is 0 Å². The van der Waals surface area contributed by atoms with E-state index in [0.29, 0.717) is 30.0 Å². The van der Waals surface area contributed by atoms with E-state index in [1.54, 1.807) is 31.2 Å². The molecule has 0 atom stereocenters. The zero-order valence-electron chi connectivity index (χ0n) is 14.2. The molecule has 0 unspecified atom stereocenters. The molecule has 1 aliphatic rings. The van der Waals surface area contributed by atoms with Gasteiger partial charge in [0.15, 0.2) is 5.89 Å². The fourth-order valence-electron chi connectivity index (χ4n) is 2.86. The molecule has 0 aliphatic carbocycles. The summed E-state index contributed by atoms with van der Waals surface area (Å²) in [5, 5.41) is 2.77. The smallest absolute Gasteiger partial charge is 0.261 e. The molecule has 2 heterocycles. The molecule has 0 bridgehead atoms. The number of aromatic nitrogens is 1. The summed E-state index contributed by atoms with van der Waals surface area (Å²) in [5.74, 6) is 0.440. The first kappa shape index (κ1) is 16.9. The van der Waals surface area contributed by atoms with Crippen molar-refractivity contribution in [3.8, 4) is 0 Å². The molecule has 0 fully saturated rings. The molecule has 130 valence electrons. The average molecular weight is 341 g/mol. The van der Waals surface area contributed by atoms with Gasteiger partial charge in [-0.15, -0.1) is 0 Å². The van der Waals surface area contributed by atoms with Crippen molar-refractivity contribution < 1.29 is 18.8 Å². The van der Waals surface area contributed by atoms with Gasteiger partial charge >= 0.3 is 0 Å². The molecule has 3 amide bonds. The number of hydrogen-bond acceptors (Lipinski definition) is 5. The van der Waals surface area contributed by atoms with Crippen LogP contribution in [-0.2, 0) is 11.2 Å². The van der Waals surface area contributed by atoms with Gasteiger partial charge in [-0.05, 0) is 19.1 Å². The number of imide groups is 1. The van der Waals surface area contributed by atoms with Gasteiger partial charge in [-0.3, -0.25) is 19.3 Å². The van der Waals surface area contributed by atoms with Gasteiger partial charge in [0, 0.05) is 32.9 Å². The third-order valence-corrected chi connectivity index (χ3v) is 4.11. The van der Waals surface area contributed by atoms with Crippen molar-refractivity contribution in [1.29, 1.82) is 0 Å². The molecule has 0 radical (unpaired) electrons. The maximum Gasteiger partial charge on any atom is 0.261 e. The molecular weight excluding hydrogens is 322 g/mol. The number of fused-ring (bicyclic) bond motifs is 1. The van der Waals surface area contributed by atoms with E-state index >= 15 is 0 Å². The van der Waals surface area contributed by atoms with Crippen LogP contribution in [0.4, 0.5) is 0 Å². The van der Waals surface area contributed by atoms with Crippen LogP contribution in [0.5, 0.6) is 0 Å². The van der Waals surface area contributed by atoms with Gasteiger partial charge in [0.25, 0.3) is 11.8 Å². The lowest BCUT2D eigenvalue weighted by Crippen LogP contribution is -2.35. The number of oxazole rings is 1. The topological polar surface area (TPSA) is 92.5 Å². The van der Waals surface area contributed by atoms with Gasteiger partial charge in [0.05, 0.1) is 16.8 Å². The third-order valence-electron chi connectivity index (χ3n) is 4.11. The molecule has 1 aliphatic heterocycles. The monoisotopic (exact) mass is 341 g/mol. The van der Waals surface area contributed by atoms with Gasteiger partial charge in [-0.1, -0.05) is 12.1 Å². The van der Waals surface area contributed by atoms with Crippen LogP contribution in [0.3, 0.4) is 0 Å². The number of nitrogens with zero attached hydrogens (tertiary/aromatic N) is 2. The van der Waals surface area contributed by atoms with E-state index in [1.807, 2.05) is 6.92 Å². The Morgan fingerprint density at radius 3 is 2.36 bits per heavy atom. The quantitative estimate of drug-likeness (QED) is 0.806. The predicted octanol–water partition coefficient (Wildman–Crippen LogP) is 1.64. The number of carbonyl (C=O) groups is 3. The number of benzene rings is 1. The van der Waals surface area contributed by atoms with Crippen molar-refractivity contribution in [2.75, 3.05) is 13.1 Å². The molecular formula is C18H19N3O4. The Balaban J connectivity index is 1.48. The fourth-order valence-corrected chi connectivity index (χ4v) is 2.86. The van der Waals surface area contributed by atoms with Crippen LogP contribution in [0.2, 0.25) is 0 Å². The summed E-state index contributed by atoms with van der Waals surface area (Å²) in [5.41, 5.74) is 1.60. The van der Waals surface area contributed by atoms with Crippen molar-refractivity contribution in [3.05, 3.63) is 52.7 Å². The van der Waals surface area contributed by atoms with Crippen molar-refractivity contribution in [1.82, 2.24) is 15.2 Å². The molecule has 0 saturated carbocycles. The standard InChI is InChI=1S/C18H19N3O4/c1-11-15(25-12(2)20-11)7-9-19-16(22)8-10-21-17(23)13-5-3-4-6-14(13)18(21)24/h3-6H,7-10H2,1-2H3,(H,19,22). The molecule has 0 saturated heterocycles. The Kier molecular flexibility index (Phi) is 4.65. The minimum Gasteiger partial charge on any atom is -0.446 e. The first-order chi connectivity index (χ1) is 12.0. The van der Waals surface area contributed by atoms with E-state index in [1.165, 1.54) is 0 Å². The van der Waals surface area contributed by atoms with E-state index in [4.69, 9.17) is 4.42 Å². The molecule has 0 spiro atoms. The maximum absolute atomic E-state index is 12.2. The van der Waals surface area contributed by atoms with Crippen LogP contribution in [0.1, 0.15) is 44.5 Å². The summed E-state index contributed by atoms with van der Waals surface area (Å²) in [6.07, 6.45) is 0.616. The summed E-state index contributed by atoms with van der Waals surface area (Å²) in [4.78, 5) is 41.7. The SMILES string of the molecule is Cc1nc(C)c(CCNC(=O)CCN2C(=O)c3ccccc3C2=O)o1. The van der Waals surface area contributed by atoms with Crippen molar-refractivity contribution in [2.24, 2.45) is 0 Å². The van der Waals surface area contributed by atoms with E-state index in [-0.39, 0.29) is 30.7 Å². The zero-order chi connectivity index (χ0) is 18.0. The van der Waals surface area contributed by atoms with E-state index < -0.39 is 0 Å². The number of hydrogen-bond donors (Lipinski definition) is 1. The largest absolute Gasteiger partial charge is 0.446 e. The lowest BCUT2D eigenvalue weighted by molar-refractivity contribution is -0.121. The van der Waals surface area contributed by atoms with E-state index in [9.17, 15) is 14.4 Å². The summed E-state index contributed by atoms with van der Waals surface area (Å²) in [6.45, 7) is 4.11. The molecule has 1 aromatic carbocycles. The second-order valence-corrected chi connectivity index (χ2v) is 5.90. The Labute approximate surface area is 145 Å². The van der Waals surface area contributed by atoms with Crippen LogP contribution in [0, 0.1) is 13.8 Å². The van der Waals surface area contributed by atoms with Crippen LogP contribution < -0.4 is 5.32 Å². The third kappa shape index (κ3) is 3.45.